The fraction of sp³-hybridized carbons (Fsp3) is 0.706. The molecule has 7 nitrogen and oxygen atoms in total. The Labute approximate surface area is 143 Å². The van der Waals surface area contributed by atoms with Crippen molar-refractivity contribution in [3.63, 3.8) is 0 Å². The highest BCUT2D eigenvalue weighted by atomic mass is 16.6. The van der Waals surface area contributed by atoms with Gasteiger partial charge in [-0.1, -0.05) is 0 Å². The van der Waals surface area contributed by atoms with Crippen LogP contribution in [0.4, 0.5) is 16.4 Å². The summed E-state index contributed by atoms with van der Waals surface area (Å²) in [5, 5.41) is 3.52. The number of anilines is 2. The first-order chi connectivity index (χ1) is 11.7. The Kier molecular flexibility index (Phi) is 5.37. The quantitative estimate of drug-likeness (QED) is 0.912. The van der Waals surface area contributed by atoms with Gasteiger partial charge >= 0.3 is 6.09 Å². The summed E-state index contributed by atoms with van der Waals surface area (Å²) >= 11 is 0. The van der Waals surface area contributed by atoms with E-state index in [0.717, 1.165) is 56.5 Å². The van der Waals surface area contributed by atoms with Crippen molar-refractivity contribution in [2.24, 2.45) is 0 Å². The number of nitrogens with one attached hydrogen (secondary N) is 1. The maximum absolute atomic E-state index is 11.8. The Balaban J connectivity index is 1.58. The van der Waals surface area contributed by atoms with Crippen LogP contribution >= 0.6 is 0 Å². The molecule has 0 aliphatic carbocycles. The fourth-order valence-corrected chi connectivity index (χ4v) is 3.36. The third-order valence-corrected chi connectivity index (χ3v) is 4.63. The number of likely N-dealkylation sites (tertiary alicyclic amines) is 1. The number of aromatic nitrogens is 2. The van der Waals surface area contributed by atoms with Crippen molar-refractivity contribution in [3.05, 3.63) is 11.9 Å². The predicted octanol–water partition coefficient (Wildman–Crippen LogP) is 2.42. The molecule has 2 saturated heterocycles. The van der Waals surface area contributed by atoms with Crippen LogP contribution in [0.15, 0.2) is 6.07 Å². The lowest BCUT2D eigenvalue weighted by atomic mass is 10.1. The summed E-state index contributed by atoms with van der Waals surface area (Å²) in [6, 6.07) is 2.38. The number of carbonyl (C=O) groups is 1. The van der Waals surface area contributed by atoms with Gasteiger partial charge in [0.2, 0.25) is 0 Å². The second-order valence-electron chi connectivity index (χ2n) is 6.46. The highest BCUT2D eigenvalue weighted by Gasteiger charge is 2.24. The summed E-state index contributed by atoms with van der Waals surface area (Å²) in [5.41, 5.74) is 0. The minimum absolute atomic E-state index is 0.204. The molecule has 0 radical (unpaired) electrons. The highest BCUT2D eigenvalue weighted by molar-refractivity contribution is 5.67. The van der Waals surface area contributed by atoms with Crippen molar-refractivity contribution in [2.45, 2.75) is 45.6 Å². The van der Waals surface area contributed by atoms with Crippen molar-refractivity contribution < 1.29 is 9.53 Å². The van der Waals surface area contributed by atoms with Crippen LogP contribution in [-0.4, -0.2) is 59.8 Å². The van der Waals surface area contributed by atoms with E-state index in [4.69, 9.17) is 4.74 Å². The molecule has 0 atom stereocenters. The zero-order valence-electron chi connectivity index (χ0n) is 14.6. The Morgan fingerprint density at radius 2 is 1.96 bits per heavy atom. The van der Waals surface area contributed by atoms with E-state index in [1.807, 2.05) is 13.8 Å². The molecule has 2 aliphatic rings. The van der Waals surface area contributed by atoms with Gasteiger partial charge in [-0.15, -0.1) is 0 Å². The van der Waals surface area contributed by atoms with Crippen LogP contribution in [0.1, 0.15) is 38.4 Å². The SMILES string of the molecule is CCOC(=O)N1CCC(Nc2cc(N3CCCC3)nc(C)n2)CC1. The van der Waals surface area contributed by atoms with Crippen molar-refractivity contribution in [1.82, 2.24) is 14.9 Å². The van der Waals surface area contributed by atoms with E-state index < -0.39 is 0 Å². The van der Waals surface area contributed by atoms with Crippen molar-refractivity contribution in [3.8, 4) is 0 Å². The Hall–Kier alpha value is -2.05. The first-order valence-corrected chi connectivity index (χ1v) is 8.94. The van der Waals surface area contributed by atoms with Crippen LogP contribution in [0.3, 0.4) is 0 Å². The second-order valence-corrected chi connectivity index (χ2v) is 6.46. The van der Waals surface area contributed by atoms with Gasteiger partial charge in [-0.25, -0.2) is 14.8 Å². The first-order valence-electron chi connectivity index (χ1n) is 8.94. The van der Waals surface area contributed by atoms with Crippen molar-refractivity contribution >= 4 is 17.7 Å². The maximum Gasteiger partial charge on any atom is 0.409 e. The van der Waals surface area contributed by atoms with Crippen molar-refractivity contribution in [1.29, 1.82) is 0 Å². The molecule has 0 bridgehead atoms. The maximum atomic E-state index is 11.8. The molecule has 2 fully saturated rings. The van der Waals surface area contributed by atoms with Crippen LogP contribution in [0.25, 0.3) is 0 Å². The fourth-order valence-electron chi connectivity index (χ4n) is 3.36. The van der Waals surface area contributed by atoms with Crippen LogP contribution in [0.2, 0.25) is 0 Å². The number of piperidine rings is 1. The highest BCUT2D eigenvalue weighted by Crippen LogP contribution is 2.22. The van der Waals surface area contributed by atoms with Gasteiger partial charge in [0, 0.05) is 38.3 Å². The number of ether oxygens (including phenoxy) is 1. The van der Waals surface area contributed by atoms with E-state index in [0.29, 0.717) is 12.6 Å². The topological polar surface area (TPSA) is 70.6 Å². The molecule has 2 aliphatic heterocycles. The molecule has 7 heteroatoms. The van der Waals surface area contributed by atoms with Gasteiger partial charge in [-0.05, 0) is 39.5 Å². The number of nitrogens with zero attached hydrogens (tertiary/aromatic N) is 4. The predicted molar refractivity (Wildman–Crippen MR) is 93.5 cm³/mol. The summed E-state index contributed by atoms with van der Waals surface area (Å²) in [4.78, 5) is 25.0. The van der Waals surface area contributed by atoms with Gasteiger partial charge in [-0.3, -0.25) is 0 Å². The average Bonchev–Trinajstić information content (AvgIpc) is 3.10. The van der Waals surface area contributed by atoms with E-state index in [-0.39, 0.29) is 6.09 Å². The third kappa shape index (κ3) is 4.07. The molecular formula is C17H27N5O2. The lowest BCUT2D eigenvalue weighted by molar-refractivity contribution is 0.0983. The zero-order chi connectivity index (χ0) is 16.9. The molecule has 1 aromatic rings. The van der Waals surface area contributed by atoms with Crippen LogP contribution < -0.4 is 10.2 Å². The number of carbonyl (C=O) groups excluding carboxylic acids is 1. The van der Waals surface area contributed by atoms with Crippen molar-refractivity contribution in [2.75, 3.05) is 43.0 Å². The lowest BCUT2D eigenvalue weighted by Crippen LogP contribution is -2.42. The smallest absolute Gasteiger partial charge is 0.409 e. The molecule has 132 valence electrons. The summed E-state index contributed by atoms with van der Waals surface area (Å²) in [6.45, 7) is 7.80. The molecule has 1 aromatic heterocycles. The van der Waals surface area contributed by atoms with E-state index >= 15 is 0 Å². The molecular weight excluding hydrogens is 306 g/mol. The van der Waals surface area contributed by atoms with Gasteiger partial charge in [0.1, 0.15) is 17.5 Å². The Bertz CT molecular complexity index is 566. The molecule has 0 aromatic carbocycles. The number of hydrogen-bond acceptors (Lipinski definition) is 6. The number of amides is 1. The Morgan fingerprint density at radius 3 is 2.62 bits per heavy atom. The minimum Gasteiger partial charge on any atom is -0.450 e. The second kappa shape index (κ2) is 7.68. The zero-order valence-corrected chi connectivity index (χ0v) is 14.6. The van der Waals surface area contributed by atoms with Gasteiger partial charge in [-0.2, -0.15) is 0 Å². The number of hydrogen-bond donors (Lipinski definition) is 1. The van der Waals surface area contributed by atoms with Crippen LogP contribution in [-0.2, 0) is 4.74 Å². The summed E-state index contributed by atoms with van der Waals surface area (Å²) in [6.07, 6.45) is 4.07. The number of rotatable bonds is 4. The monoisotopic (exact) mass is 333 g/mol. The van der Waals surface area contributed by atoms with Crippen LogP contribution in [0.5, 0.6) is 0 Å². The van der Waals surface area contributed by atoms with Gasteiger partial charge in [0.15, 0.2) is 0 Å². The van der Waals surface area contributed by atoms with Crippen LogP contribution in [0, 0.1) is 6.92 Å². The first kappa shape index (κ1) is 16.8. The largest absolute Gasteiger partial charge is 0.450 e. The third-order valence-electron chi connectivity index (χ3n) is 4.63. The van der Waals surface area contributed by atoms with Gasteiger partial charge in [0.05, 0.1) is 6.61 Å². The van der Waals surface area contributed by atoms with E-state index in [2.05, 4.69) is 26.3 Å². The molecule has 24 heavy (non-hydrogen) atoms. The summed E-state index contributed by atoms with van der Waals surface area (Å²) in [5.74, 6) is 2.70. The van der Waals surface area contributed by atoms with E-state index in [1.54, 1.807) is 4.90 Å². The molecule has 0 unspecified atom stereocenters. The average molecular weight is 333 g/mol. The van der Waals surface area contributed by atoms with E-state index in [9.17, 15) is 4.79 Å². The Morgan fingerprint density at radius 1 is 1.25 bits per heavy atom. The molecule has 3 rings (SSSR count). The molecule has 3 heterocycles. The minimum atomic E-state index is -0.204. The lowest BCUT2D eigenvalue weighted by Gasteiger charge is -2.32. The van der Waals surface area contributed by atoms with Gasteiger partial charge < -0.3 is 19.9 Å². The standard InChI is InChI=1S/C17H27N5O2/c1-3-24-17(23)22-10-6-14(7-11-22)20-15-12-16(19-13(2)18-15)21-8-4-5-9-21/h12,14H,3-11H2,1-2H3,(H,18,19,20). The normalized spacial score (nSPS) is 18.8. The summed E-state index contributed by atoms with van der Waals surface area (Å²) in [7, 11) is 0. The summed E-state index contributed by atoms with van der Waals surface area (Å²) < 4.78 is 5.06. The number of aryl methyl sites for hydroxylation is 1. The molecule has 0 saturated carbocycles. The molecule has 1 amide bonds. The molecule has 1 N–H and O–H groups in total. The van der Waals surface area contributed by atoms with E-state index in [1.165, 1.54) is 12.8 Å². The van der Waals surface area contributed by atoms with Gasteiger partial charge in [0.25, 0.3) is 0 Å². The molecule has 0 spiro atoms.